The highest BCUT2D eigenvalue weighted by Crippen LogP contribution is 2.33. The van der Waals surface area contributed by atoms with Crippen molar-refractivity contribution < 1.29 is 0 Å². The van der Waals surface area contributed by atoms with Crippen molar-refractivity contribution in [2.75, 3.05) is 0 Å². The van der Waals surface area contributed by atoms with Gasteiger partial charge in [-0.3, -0.25) is 4.99 Å². The van der Waals surface area contributed by atoms with Crippen molar-refractivity contribution in [3.63, 3.8) is 0 Å². The van der Waals surface area contributed by atoms with Crippen molar-refractivity contribution in [2.45, 2.75) is 20.3 Å². The Bertz CT molecular complexity index is 877. The fourth-order valence-electron chi connectivity index (χ4n) is 3.18. The number of benzene rings is 3. The summed E-state index contributed by atoms with van der Waals surface area (Å²) in [5, 5.41) is 0. The third kappa shape index (κ3) is 3.32. The number of rotatable bonds is 2. The van der Waals surface area contributed by atoms with E-state index in [-0.39, 0.29) is 0 Å². The Hall–Kier alpha value is -2.93. The summed E-state index contributed by atoms with van der Waals surface area (Å²) in [7, 11) is 0. The van der Waals surface area contributed by atoms with E-state index in [9.17, 15) is 0 Å². The molecule has 0 N–H and O–H groups in total. The maximum absolute atomic E-state index is 5.00. The van der Waals surface area contributed by atoms with E-state index in [1.54, 1.807) is 0 Å². The molecule has 0 atom stereocenters. The number of allylic oxidation sites excluding steroid dienone is 1. The summed E-state index contributed by atoms with van der Waals surface area (Å²) >= 11 is 0. The molecule has 0 aromatic heterocycles. The summed E-state index contributed by atoms with van der Waals surface area (Å²) in [6.07, 6.45) is 3.12. The van der Waals surface area contributed by atoms with Gasteiger partial charge in [0.25, 0.3) is 0 Å². The Kier molecular flexibility index (Phi) is 4.07. The minimum atomic E-state index is 0.834. The van der Waals surface area contributed by atoms with Gasteiger partial charge in [0.05, 0.1) is 11.4 Å². The molecule has 0 aliphatic carbocycles. The number of aryl methyl sites for hydroxylation is 2. The van der Waals surface area contributed by atoms with E-state index in [2.05, 4.69) is 92.7 Å². The van der Waals surface area contributed by atoms with Crippen LogP contribution in [0.3, 0.4) is 0 Å². The quantitative estimate of drug-likeness (QED) is 0.519. The maximum Gasteiger partial charge on any atom is 0.0705 e. The van der Waals surface area contributed by atoms with Gasteiger partial charge in [0, 0.05) is 12.0 Å². The van der Waals surface area contributed by atoms with Crippen molar-refractivity contribution >= 4 is 23.0 Å². The molecule has 1 aliphatic heterocycles. The summed E-state index contributed by atoms with van der Waals surface area (Å²) in [5.74, 6) is 0. The van der Waals surface area contributed by atoms with Crippen LogP contribution < -0.4 is 0 Å². The lowest BCUT2D eigenvalue weighted by atomic mass is 9.95. The molecule has 3 aromatic rings. The molecule has 0 bridgehead atoms. The molecule has 1 heterocycles. The Morgan fingerprint density at radius 1 is 0.680 bits per heavy atom. The number of nitrogens with zero attached hydrogens (tertiary/aromatic N) is 1. The SMILES string of the molecule is Cc1ccc(C2=Cc3ccccc3N=C(c3ccc(C)cc3)C2)cc1. The van der Waals surface area contributed by atoms with E-state index in [0.29, 0.717) is 0 Å². The van der Waals surface area contributed by atoms with Crippen LogP contribution >= 0.6 is 0 Å². The average molecular weight is 323 g/mol. The van der Waals surface area contributed by atoms with E-state index >= 15 is 0 Å². The van der Waals surface area contributed by atoms with Gasteiger partial charge >= 0.3 is 0 Å². The van der Waals surface area contributed by atoms with Crippen LogP contribution in [0.1, 0.15) is 34.2 Å². The Morgan fingerprint density at radius 3 is 1.96 bits per heavy atom. The van der Waals surface area contributed by atoms with Crippen LogP contribution in [-0.4, -0.2) is 5.71 Å². The molecule has 0 saturated carbocycles. The van der Waals surface area contributed by atoms with E-state index in [1.165, 1.54) is 33.4 Å². The lowest BCUT2D eigenvalue weighted by Gasteiger charge is -2.10. The Morgan fingerprint density at radius 2 is 1.28 bits per heavy atom. The summed E-state index contributed by atoms with van der Waals surface area (Å²) in [6.45, 7) is 4.24. The fraction of sp³-hybridized carbons (Fsp3) is 0.125. The molecule has 1 aliphatic rings. The predicted molar refractivity (Wildman–Crippen MR) is 107 cm³/mol. The molecule has 3 aromatic carbocycles. The Balaban J connectivity index is 1.84. The first-order valence-corrected chi connectivity index (χ1v) is 8.70. The topological polar surface area (TPSA) is 12.4 Å². The molecule has 1 nitrogen and oxygen atoms in total. The highest BCUT2D eigenvalue weighted by Gasteiger charge is 2.14. The zero-order chi connectivity index (χ0) is 17.2. The maximum atomic E-state index is 5.00. The number of para-hydroxylation sites is 1. The van der Waals surface area contributed by atoms with Gasteiger partial charge in [-0.25, -0.2) is 0 Å². The molecule has 4 rings (SSSR count). The highest BCUT2D eigenvalue weighted by atomic mass is 14.8. The first-order chi connectivity index (χ1) is 12.2. The number of hydrogen-bond donors (Lipinski definition) is 0. The summed E-state index contributed by atoms with van der Waals surface area (Å²) < 4.78 is 0. The lowest BCUT2D eigenvalue weighted by molar-refractivity contribution is 1.38. The monoisotopic (exact) mass is 323 g/mol. The molecular weight excluding hydrogens is 302 g/mol. The van der Waals surface area contributed by atoms with E-state index in [4.69, 9.17) is 4.99 Å². The van der Waals surface area contributed by atoms with Gasteiger partial charge < -0.3 is 0 Å². The number of aliphatic imine (C=N–C) groups is 1. The highest BCUT2D eigenvalue weighted by molar-refractivity contribution is 6.11. The molecule has 122 valence electrons. The van der Waals surface area contributed by atoms with Crippen LogP contribution in [0.15, 0.2) is 77.8 Å². The first-order valence-electron chi connectivity index (χ1n) is 8.70. The van der Waals surface area contributed by atoms with Gasteiger partial charge in [-0.2, -0.15) is 0 Å². The predicted octanol–water partition coefficient (Wildman–Crippen LogP) is 6.37. The van der Waals surface area contributed by atoms with Crippen LogP contribution in [0, 0.1) is 13.8 Å². The summed E-state index contributed by atoms with van der Waals surface area (Å²) in [4.78, 5) is 5.00. The average Bonchev–Trinajstić information content (AvgIpc) is 2.82. The van der Waals surface area contributed by atoms with Gasteiger partial charge in [0.1, 0.15) is 0 Å². The van der Waals surface area contributed by atoms with Gasteiger partial charge in [-0.15, -0.1) is 0 Å². The largest absolute Gasteiger partial charge is 0.252 e. The van der Waals surface area contributed by atoms with Crippen molar-refractivity contribution in [3.8, 4) is 0 Å². The lowest BCUT2D eigenvalue weighted by Crippen LogP contribution is -2.01. The van der Waals surface area contributed by atoms with Crippen LogP contribution in [-0.2, 0) is 0 Å². The number of hydrogen-bond acceptors (Lipinski definition) is 1. The van der Waals surface area contributed by atoms with Crippen LogP contribution in [0.5, 0.6) is 0 Å². The van der Waals surface area contributed by atoms with Crippen LogP contribution in [0.4, 0.5) is 5.69 Å². The molecule has 25 heavy (non-hydrogen) atoms. The third-order valence-corrected chi connectivity index (χ3v) is 4.69. The smallest absolute Gasteiger partial charge is 0.0705 e. The molecule has 0 fully saturated rings. The number of fused-ring (bicyclic) bond motifs is 1. The van der Waals surface area contributed by atoms with Crippen molar-refractivity contribution in [3.05, 3.63) is 101 Å². The van der Waals surface area contributed by atoms with Gasteiger partial charge in [0.2, 0.25) is 0 Å². The zero-order valence-electron chi connectivity index (χ0n) is 14.7. The van der Waals surface area contributed by atoms with Crippen molar-refractivity contribution in [1.29, 1.82) is 0 Å². The van der Waals surface area contributed by atoms with Crippen molar-refractivity contribution in [2.24, 2.45) is 4.99 Å². The molecule has 1 heteroatoms. The zero-order valence-corrected chi connectivity index (χ0v) is 14.7. The first kappa shape index (κ1) is 15.6. The fourth-order valence-corrected chi connectivity index (χ4v) is 3.18. The van der Waals surface area contributed by atoms with Crippen LogP contribution in [0.2, 0.25) is 0 Å². The Labute approximate surface area is 149 Å². The second-order valence-corrected chi connectivity index (χ2v) is 6.70. The normalized spacial score (nSPS) is 13.5. The second-order valence-electron chi connectivity index (χ2n) is 6.70. The molecule has 0 spiro atoms. The molecule has 0 radical (unpaired) electrons. The van der Waals surface area contributed by atoms with Gasteiger partial charge in [-0.1, -0.05) is 77.9 Å². The summed E-state index contributed by atoms with van der Waals surface area (Å²) in [6, 6.07) is 25.8. The van der Waals surface area contributed by atoms with E-state index < -0.39 is 0 Å². The third-order valence-electron chi connectivity index (χ3n) is 4.69. The van der Waals surface area contributed by atoms with E-state index in [1.807, 2.05) is 0 Å². The minimum absolute atomic E-state index is 0.834. The van der Waals surface area contributed by atoms with E-state index in [0.717, 1.165) is 17.8 Å². The molecule has 0 unspecified atom stereocenters. The van der Waals surface area contributed by atoms with Crippen molar-refractivity contribution in [1.82, 2.24) is 0 Å². The summed E-state index contributed by atoms with van der Waals surface area (Å²) in [5.41, 5.74) is 9.67. The van der Waals surface area contributed by atoms with Gasteiger partial charge in [-0.05, 0) is 42.7 Å². The standard InChI is InChI=1S/C24H21N/c1-17-7-11-19(12-8-17)22-15-21-5-3-4-6-23(21)25-24(16-22)20-13-9-18(2)10-14-20/h3-15H,16H2,1-2H3. The molecule has 0 saturated heterocycles. The van der Waals surface area contributed by atoms with Gasteiger partial charge in [0.15, 0.2) is 0 Å². The molecule has 0 amide bonds. The second kappa shape index (κ2) is 6.52. The minimum Gasteiger partial charge on any atom is -0.252 e. The molecular formula is C24H21N. The van der Waals surface area contributed by atoms with Crippen LogP contribution in [0.25, 0.3) is 11.6 Å².